The van der Waals surface area contributed by atoms with Crippen molar-refractivity contribution in [1.29, 1.82) is 0 Å². The number of aliphatic carboxylic acids is 1. The number of hydrogen-bond donors (Lipinski definition) is 2. The van der Waals surface area contributed by atoms with E-state index >= 15 is 0 Å². The van der Waals surface area contributed by atoms with Gasteiger partial charge in [-0.1, -0.05) is 0 Å². The second-order valence-electron chi connectivity index (χ2n) is 6.61. The number of nitrogens with two attached hydrogens (primary N) is 1. The van der Waals surface area contributed by atoms with Gasteiger partial charge in [-0.2, -0.15) is 0 Å². The Hall–Kier alpha value is -0.650. The first-order valence-electron chi connectivity index (χ1n) is 7.33. The second-order valence-corrected chi connectivity index (χ2v) is 6.61. The quantitative estimate of drug-likeness (QED) is 0.787. The van der Waals surface area contributed by atoms with Crippen LogP contribution in [0.5, 0.6) is 0 Å². The van der Waals surface area contributed by atoms with E-state index in [0.717, 1.165) is 13.1 Å². The van der Waals surface area contributed by atoms with E-state index in [0.29, 0.717) is 18.5 Å². The van der Waals surface area contributed by atoms with Crippen LogP contribution in [0.3, 0.4) is 0 Å². The minimum absolute atomic E-state index is 0.212. The fourth-order valence-corrected chi connectivity index (χ4v) is 3.64. The topological polar surface area (TPSA) is 69.8 Å². The fraction of sp³-hybridized carbons (Fsp3) is 0.929. The van der Waals surface area contributed by atoms with Crippen LogP contribution < -0.4 is 5.73 Å². The molecule has 0 spiro atoms. The molecule has 2 saturated heterocycles. The van der Waals surface area contributed by atoms with Gasteiger partial charge in [0.05, 0.1) is 0 Å². The summed E-state index contributed by atoms with van der Waals surface area (Å²) in [5.74, 6) is -0.911. The normalized spacial score (nSPS) is 33.7. The van der Waals surface area contributed by atoms with Crippen LogP contribution in [0, 0.1) is 0 Å². The minimum atomic E-state index is -1.13. The van der Waals surface area contributed by atoms with Crippen molar-refractivity contribution in [2.45, 2.75) is 63.7 Å². The Morgan fingerprint density at radius 1 is 1.53 bits per heavy atom. The van der Waals surface area contributed by atoms with Crippen LogP contribution in [0.2, 0.25) is 0 Å². The van der Waals surface area contributed by atoms with Crippen molar-refractivity contribution in [3.8, 4) is 0 Å². The lowest BCUT2D eigenvalue weighted by Gasteiger charge is -2.46. The van der Waals surface area contributed by atoms with Gasteiger partial charge in [-0.3, -0.25) is 14.6 Å². The number of carboxylic acid groups (broad SMARTS) is 1. The van der Waals surface area contributed by atoms with E-state index < -0.39 is 11.5 Å². The largest absolute Gasteiger partial charge is 0.480 e. The third kappa shape index (κ3) is 3.09. The van der Waals surface area contributed by atoms with Gasteiger partial charge in [0, 0.05) is 31.2 Å². The summed E-state index contributed by atoms with van der Waals surface area (Å²) < 4.78 is 0. The van der Waals surface area contributed by atoms with Crippen LogP contribution >= 0.6 is 0 Å². The highest BCUT2D eigenvalue weighted by molar-refractivity contribution is 5.77. The summed E-state index contributed by atoms with van der Waals surface area (Å²) in [6, 6.07) is 1.35. The van der Waals surface area contributed by atoms with Crippen LogP contribution in [-0.4, -0.2) is 64.2 Å². The van der Waals surface area contributed by atoms with Crippen LogP contribution in [-0.2, 0) is 4.79 Å². The molecule has 4 unspecified atom stereocenters. The van der Waals surface area contributed by atoms with E-state index in [2.05, 4.69) is 23.6 Å². The molecule has 0 aromatic rings. The predicted molar refractivity (Wildman–Crippen MR) is 75.1 cm³/mol. The van der Waals surface area contributed by atoms with Crippen LogP contribution in [0.15, 0.2) is 0 Å². The fourth-order valence-electron chi connectivity index (χ4n) is 3.64. The highest BCUT2D eigenvalue weighted by atomic mass is 16.4. The molecule has 0 saturated carbocycles. The third-order valence-corrected chi connectivity index (χ3v) is 4.76. The van der Waals surface area contributed by atoms with Gasteiger partial charge < -0.3 is 10.8 Å². The van der Waals surface area contributed by atoms with Crippen molar-refractivity contribution in [2.75, 3.05) is 19.6 Å². The molecule has 3 N–H and O–H groups in total. The van der Waals surface area contributed by atoms with Crippen molar-refractivity contribution in [2.24, 2.45) is 5.73 Å². The van der Waals surface area contributed by atoms with Gasteiger partial charge in [-0.25, -0.2) is 0 Å². The highest BCUT2D eigenvalue weighted by Crippen LogP contribution is 2.27. The summed E-state index contributed by atoms with van der Waals surface area (Å²) in [7, 11) is 0. The highest BCUT2D eigenvalue weighted by Gasteiger charge is 2.39. The number of carboxylic acids is 1. The van der Waals surface area contributed by atoms with Crippen molar-refractivity contribution in [1.82, 2.24) is 9.80 Å². The lowest BCUT2D eigenvalue weighted by atomic mass is 9.92. The number of piperazine rings is 1. The zero-order chi connectivity index (χ0) is 14.2. The van der Waals surface area contributed by atoms with Crippen molar-refractivity contribution >= 4 is 5.97 Å². The molecule has 0 bridgehead atoms. The Bertz CT molecular complexity index is 346. The lowest BCUT2D eigenvalue weighted by Crippen LogP contribution is -2.59. The van der Waals surface area contributed by atoms with Gasteiger partial charge in [0.1, 0.15) is 5.54 Å². The van der Waals surface area contributed by atoms with Gasteiger partial charge in [0.2, 0.25) is 0 Å². The molecule has 5 nitrogen and oxygen atoms in total. The van der Waals surface area contributed by atoms with Gasteiger partial charge in [0.25, 0.3) is 0 Å². The maximum absolute atomic E-state index is 11.2. The molecule has 2 aliphatic heterocycles. The van der Waals surface area contributed by atoms with Crippen LogP contribution in [0.4, 0.5) is 0 Å². The zero-order valence-corrected chi connectivity index (χ0v) is 12.3. The summed E-state index contributed by atoms with van der Waals surface area (Å²) >= 11 is 0. The van der Waals surface area contributed by atoms with E-state index in [-0.39, 0.29) is 6.04 Å². The van der Waals surface area contributed by atoms with Crippen LogP contribution in [0.1, 0.15) is 40.0 Å². The molecular formula is C14H27N3O2. The Kier molecular flexibility index (Phi) is 4.18. The maximum Gasteiger partial charge on any atom is 0.323 e. The van der Waals surface area contributed by atoms with E-state index in [1.54, 1.807) is 6.92 Å². The molecule has 2 aliphatic rings. The number of hydrogen-bond acceptors (Lipinski definition) is 4. The van der Waals surface area contributed by atoms with E-state index in [1.807, 2.05) is 0 Å². The summed E-state index contributed by atoms with van der Waals surface area (Å²) in [4.78, 5) is 16.2. The van der Waals surface area contributed by atoms with Crippen molar-refractivity contribution in [3.05, 3.63) is 0 Å². The number of nitrogens with zero attached hydrogens (tertiary/aromatic N) is 2. The van der Waals surface area contributed by atoms with E-state index in [4.69, 9.17) is 10.8 Å². The molecule has 19 heavy (non-hydrogen) atoms. The molecule has 0 radical (unpaired) electrons. The van der Waals surface area contributed by atoms with Gasteiger partial charge in [-0.15, -0.1) is 0 Å². The summed E-state index contributed by atoms with van der Waals surface area (Å²) in [5, 5.41) is 9.15. The average molecular weight is 269 g/mol. The predicted octanol–water partition coefficient (Wildman–Crippen LogP) is 0.736. The molecule has 110 valence electrons. The lowest BCUT2D eigenvalue weighted by molar-refractivity contribution is -0.143. The molecule has 4 atom stereocenters. The molecule has 2 fully saturated rings. The smallest absolute Gasteiger partial charge is 0.323 e. The number of fused-ring (bicyclic) bond motifs is 1. The Morgan fingerprint density at radius 2 is 2.21 bits per heavy atom. The third-order valence-electron chi connectivity index (χ3n) is 4.76. The Labute approximate surface area is 115 Å². The SMILES string of the molecule is CC1CN2CCCC2CN1C(C)CC(C)(N)C(=O)O. The number of carbonyl (C=O) groups is 1. The zero-order valence-electron chi connectivity index (χ0n) is 12.3. The number of rotatable bonds is 4. The van der Waals surface area contributed by atoms with E-state index in [1.165, 1.54) is 19.4 Å². The first kappa shape index (κ1) is 14.8. The van der Waals surface area contributed by atoms with Crippen molar-refractivity contribution in [3.63, 3.8) is 0 Å². The molecule has 0 aromatic heterocycles. The van der Waals surface area contributed by atoms with Gasteiger partial charge in [0.15, 0.2) is 0 Å². The molecule has 0 aromatic carbocycles. The summed E-state index contributed by atoms with van der Waals surface area (Å²) in [6.07, 6.45) is 3.07. The summed E-state index contributed by atoms with van der Waals surface area (Å²) in [5.41, 5.74) is 4.75. The van der Waals surface area contributed by atoms with Crippen molar-refractivity contribution < 1.29 is 9.90 Å². The Morgan fingerprint density at radius 3 is 2.84 bits per heavy atom. The molecule has 5 heteroatoms. The van der Waals surface area contributed by atoms with Crippen LogP contribution in [0.25, 0.3) is 0 Å². The molecule has 0 amide bonds. The summed E-state index contributed by atoms with van der Waals surface area (Å²) in [6.45, 7) is 9.33. The average Bonchev–Trinajstić information content (AvgIpc) is 2.73. The Balaban J connectivity index is 1.98. The maximum atomic E-state index is 11.2. The molecular weight excluding hydrogens is 242 g/mol. The van der Waals surface area contributed by atoms with Gasteiger partial charge in [-0.05, 0) is 46.6 Å². The van der Waals surface area contributed by atoms with Gasteiger partial charge >= 0.3 is 5.97 Å². The molecule has 2 rings (SSSR count). The standard InChI is InChI=1S/C14H27N3O2/c1-10(7-14(3,15)13(18)19)17-9-12-5-4-6-16(12)8-11(17)2/h10-12H,4-9,15H2,1-3H3,(H,18,19). The first-order chi connectivity index (χ1) is 8.81. The van der Waals surface area contributed by atoms with E-state index in [9.17, 15) is 4.79 Å². The second kappa shape index (κ2) is 5.38. The molecule has 0 aliphatic carbocycles. The first-order valence-corrected chi connectivity index (χ1v) is 7.33. The molecule has 2 heterocycles. The monoisotopic (exact) mass is 269 g/mol. The minimum Gasteiger partial charge on any atom is -0.480 e.